The first-order valence-corrected chi connectivity index (χ1v) is 7.90. The lowest BCUT2D eigenvalue weighted by Gasteiger charge is -2.39. The largest absolute Gasteiger partial charge is 0.382 e. The topological polar surface area (TPSA) is 63.6 Å². The zero-order chi connectivity index (χ0) is 13.2. The molecule has 4 nitrogen and oxygen atoms in total. The van der Waals surface area contributed by atoms with Crippen LogP contribution in [0.25, 0.3) is 0 Å². The van der Waals surface area contributed by atoms with Gasteiger partial charge in [0.1, 0.15) is 11.7 Å². The molecule has 0 spiro atoms. The molecule has 0 unspecified atom stereocenters. The first kappa shape index (κ1) is 13.5. The van der Waals surface area contributed by atoms with Gasteiger partial charge in [0, 0.05) is 0 Å². The van der Waals surface area contributed by atoms with Crippen LogP contribution in [0.3, 0.4) is 0 Å². The summed E-state index contributed by atoms with van der Waals surface area (Å²) in [6.07, 6.45) is 3.15. The van der Waals surface area contributed by atoms with Crippen molar-refractivity contribution in [3.8, 4) is 0 Å². The van der Waals surface area contributed by atoms with E-state index in [0.29, 0.717) is 12.8 Å². The molecule has 0 saturated heterocycles. The lowest BCUT2D eigenvalue weighted by molar-refractivity contribution is -0.0907. The quantitative estimate of drug-likeness (QED) is 0.851. The van der Waals surface area contributed by atoms with Crippen LogP contribution >= 0.6 is 0 Å². The van der Waals surface area contributed by atoms with Crippen molar-refractivity contribution in [1.82, 2.24) is 0 Å². The van der Waals surface area contributed by atoms with E-state index in [1.54, 1.807) is 0 Å². The van der Waals surface area contributed by atoms with Crippen molar-refractivity contribution < 1.29 is 17.7 Å². The van der Waals surface area contributed by atoms with Crippen LogP contribution in [-0.2, 0) is 19.9 Å². The average molecular weight is 270 g/mol. The maximum Gasteiger partial charge on any atom is 0.264 e. The molecule has 1 aliphatic carbocycles. The van der Waals surface area contributed by atoms with Crippen LogP contribution in [-0.4, -0.2) is 25.9 Å². The maximum atomic E-state index is 11.3. The molecule has 0 amide bonds. The van der Waals surface area contributed by atoms with E-state index < -0.39 is 21.8 Å². The van der Waals surface area contributed by atoms with E-state index in [0.717, 1.165) is 24.7 Å². The van der Waals surface area contributed by atoms with Gasteiger partial charge in [0.05, 0.1) is 6.26 Å². The number of benzene rings is 1. The molecular formula is C13H18O4S. The number of hydrogen-bond donors (Lipinski definition) is 1. The third-order valence-corrected chi connectivity index (χ3v) is 3.95. The Morgan fingerprint density at radius 2 is 1.94 bits per heavy atom. The lowest BCUT2D eigenvalue weighted by atomic mass is 9.77. The summed E-state index contributed by atoms with van der Waals surface area (Å²) in [6.45, 7) is 0. The van der Waals surface area contributed by atoms with Crippen molar-refractivity contribution in [3.05, 3.63) is 35.9 Å². The summed E-state index contributed by atoms with van der Waals surface area (Å²) in [5, 5.41) is 10.8. The number of rotatable bonds is 3. The Morgan fingerprint density at radius 3 is 2.56 bits per heavy atom. The summed E-state index contributed by atoms with van der Waals surface area (Å²) in [7, 11) is -3.56. The van der Waals surface area contributed by atoms with Gasteiger partial charge in [0.2, 0.25) is 0 Å². The zero-order valence-corrected chi connectivity index (χ0v) is 11.2. The second kappa shape index (κ2) is 4.99. The first-order chi connectivity index (χ1) is 8.42. The summed E-state index contributed by atoms with van der Waals surface area (Å²) in [5.74, 6) is 0. The van der Waals surface area contributed by atoms with E-state index >= 15 is 0 Å². The van der Waals surface area contributed by atoms with Crippen LogP contribution in [0.4, 0.5) is 0 Å². The third kappa shape index (κ3) is 2.91. The van der Waals surface area contributed by atoms with Gasteiger partial charge >= 0.3 is 0 Å². The summed E-state index contributed by atoms with van der Waals surface area (Å²) < 4.78 is 27.6. The van der Waals surface area contributed by atoms with Crippen molar-refractivity contribution >= 4 is 10.1 Å². The fourth-order valence-electron chi connectivity index (χ4n) is 2.52. The summed E-state index contributed by atoms with van der Waals surface area (Å²) >= 11 is 0. The van der Waals surface area contributed by atoms with Crippen LogP contribution < -0.4 is 0 Å². The third-order valence-electron chi connectivity index (χ3n) is 3.37. The van der Waals surface area contributed by atoms with E-state index in [9.17, 15) is 13.5 Å². The van der Waals surface area contributed by atoms with Gasteiger partial charge < -0.3 is 5.11 Å². The standard InChI is InChI=1S/C13H18O4S/c1-18(15,16)17-12-9-5-6-10-13(12,14)11-7-3-2-4-8-11/h2-4,7-8,12,14H,5-6,9-10H2,1H3/t12-,13+/m1/s1. The predicted molar refractivity (Wildman–Crippen MR) is 68.5 cm³/mol. The van der Waals surface area contributed by atoms with E-state index in [1.165, 1.54) is 0 Å². The smallest absolute Gasteiger partial charge is 0.264 e. The van der Waals surface area contributed by atoms with Gasteiger partial charge in [0.25, 0.3) is 10.1 Å². The summed E-state index contributed by atoms with van der Waals surface area (Å²) in [6, 6.07) is 9.15. The minimum absolute atomic E-state index is 0.525. The molecule has 2 rings (SSSR count). The molecule has 0 radical (unpaired) electrons. The summed E-state index contributed by atoms with van der Waals surface area (Å²) in [5.41, 5.74) is -0.485. The average Bonchev–Trinajstić information content (AvgIpc) is 2.32. The Morgan fingerprint density at radius 1 is 1.28 bits per heavy atom. The molecule has 0 aliphatic heterocycles. The second-order valence-corrected chi connectivity index (χ2v) is 6.43. The second-order valence-electron chi connectivity index (χ2n) is 4.83. The molecule has 1 N–H and O–H groups in total. The highest BCUT2D eigenvalue weighted by Crippen LogP contribution is 2.39. The number of aliphatic hydroxyl groups is 1. The molecule has 1 fully saturated rings. The van der Waals surface area contributed by atoms with E-state index in [1.807, 2.05) is 30.3 Å². The van der Waals surface area contributed by atoms with Gasteiger partial charge in [-0.3, -0.25) is 4.18 Å². The van der Waals surface area contributed by atoms with Gasteiger partial charge in [0.15, 0.2) is 0 Å². The van der Waals surface area contributed by atoms with E-state index in [-0.39, 0.29) is 0 Å². The number of hydrogen-bond acceptors (Lipinski definition) is 4. The maximum absolute atomic E-state index is 11.3. The molecule has 100 valence electrons. The minimum Gasteiger partial charge on any atom is -0.382 e. The molecule has 0 aromatic heterocycles. The Kier molecular flexibility index (Phi) is 3.75. The highest BCUT2D eigenvalue weighted by atomic mass is 32.2. The van der Waals surface area contributed by atoms with Gasteiger partial charge in [-0.05, 0) is 18.4 Å². The highest BCUT2D eigenvalue weighted by Gasteiger charge is 2.42. The molecular weight excluding hydrogens is 252 g/mol. The molecule has 1 saturated carbocycles. The van der Waals surface area contributed by atoms with Crippen LogP contribution in [0.1, 0.15) is 31.2 Å². The van der Waals surface area contributed by atoms with Crippen LogP contribution in [0.2, 0.25) is 0 Å². The molecule has 18 heavy (non-hydrogen) atoms. The van der Waals surface area contributed by atoms with Crippen LogP contribution in [0.15, 0.2) is 30.3 Å². The van der Waals surface area contributed by atoms with Gasteiger partial charge in [-0.1, -0.05) is 43.2 Å². The Hall–Kier alpha value is -0.910. The van der Waals surface area contributed by atoms with E-state index in [4.69, 9.17) is 4.18 Å². The van der Waals surface area contributed by atoms with Crippen molar-refractivity contribution in [2.24, 2.45) is 0 Å². The molecule has 1 aliphatic rings. The Balaban J connectivity index is 2.32. The molecule has 2 atom stereocenters. The molecule has 0 heterocycles. The van der Waals surface area contributed by atoms with Crippen molar-refractivity contribution in [3.63, 3.8) is 0 Å². The fraction of sp³-hybridized carbons (Fsp3) is 0.538. The minimum atomic E-state index is -3.56. The van der Waals surface area contributed by atoms with Crippen molar-refractivity contribution in [2.75, 3.05) is 6.26 Å². The van der Waals surface area contributed by atoms with Gasteiger partial charge in [-0.15, -0.1) is 0 Å². The fourth-order valence-corrected chi connectivity index (χ4v) is 3.20. The van der Waals surface area contributed by atoms with E-state index in [2.05, 4.69) is 0 Å². The first-order valence-electron chi connectivity index (χ1n) is 6.08. The SMILES string of the molecule is CS(=O)(=O)O[C@@H]1CCCC[C@]1(O)c1ccccc1. The molecule has 5 heteroatoms. The van der Waals surface area contributed by atoms with Crippen LogP contribution in [0.5, 0.6) is 0 Å². The summed E-state index contributed by atoms with van der Waals surface area (Å²) in [4.78, 5) is 0. The predicted octanol–water partition coefficient (Wildman–Crippen LogP) is 1.79. The monoisotopic (exact) mass is 270 g/mol. The Bertz CT molecular complexity index is 497. The molecule has 1 aromatic rings. The molecule has 1 aromatic carbocycles. The van der Waals surface area contributed by atoms with Crippen LogP contribution in [0, 0.1) is 0 Å². The normalized spacial score (nSPS) is 29.1. The van der Waals surface area contributed by atoms with Crippen molar-refractivity contribution in [1.29, 1.82) is 0 Å². The zero-order valence-electron chi connectivity index (χ0n) is 10.4. The Labute approximate surface area is 108 Å². The van der Waals surface area contributed by atoms with Crippen molar-refractivity contribution in [2.45, 2.75) is 37.4 Å². The molecule has 0 bridgehead atoms. The van der Waals surface area contributed by atoms with Gasteiger partial charge in [-0.25, -0.2) is 0 Å². The van der Waals surface area contributed by atoms with Gasteiger partial charge in [-0.2, -0.15) is 8.42 Å². The lowest BCUT2D eigenvalue weighted by Crippen LogP contribution is -2.44. The highest BCUT2D eigenvalue weighted by molar-refractivity contribution is 7.86.